The summed E-state index contributed by atoms with van der Waals surface area (Å²) in [6.07, 6.45) is 0.461. The van der Waals surface area contributed by atoms with Gasteiger partial charge in [-0.1, -0.05) is 0 Å². The Balaban J connectivity index is 2.01. The van der Waals surface area contributed by atoms with Crippen LogP contribution in [0, 0.1) is 5.92 Å². The third-order valence-electron chi connectivity index (χ3n) is 3.65. The molecule has 0 aliphatic carbocycles. The molecule has 1 aliphatic rings. The fourth-order valence-electron chi connectivity index (χ4n) is 2.45. The number of carbonyl (C=O) groups excluding carboxylic acids is 2. The molecule has 1 fully saturated rings. The number of carbonyl (C=O) groups is 2. The van der Waals surface area contributed by atoms with Gasteiger partial charge in [0.1, 0.15) is 0 Å². The first-order chi connectivity index (χ1) is 9.47. The topological polar surface area (TPSA) is 69.6 Å². The molecule has 0 saturated carbocycles. The van der Waals surface area contributed by atoms with Crippen LogP contribution in [0.1, 0.15) is 30.6 Å². The van der Waals surface area contributed by atoms with Crippen LogP contribution in [0.15, 0.2) is 24.3 Å². The summed E-state index contributed by atoms with van der Waals surface area (Å²) in [4.78, 5) is 25.0. The summed E-state index contributed by atoms with van der Waals surface area (Å²) in [5.74, 6) is 0.00326. The molecule has 0 radical (unpaired) electrons. The maximum absolute atomic E-state index is 12.3. The fraction of sp³-hybridized carbons (Fsp3) is 0.467. The highest BCUT2D eigenvalue weighted by Crippen LogP contribution is 2.22. The zero-order chi connectivity index (χ0) is 14.7. The van der Waals surface area contributed by atoms with Crippen LogP contribution in [-0.4, -0.2) is 41.0 Å². The number of benzene rings is 1. The van der Waals surface area contributed by atoms with E-state index in [0.717, 1.165) is 6.42 Å². The number of hydrogen-bond acceptors (Lipinski definition) is 3. The van der Waals surface area contributed by atoms with Crippen molar-refractivity contribution in [1.29, 1.82) is 0 Å². The van der Waals surface area contributed by atoms with Crippen LogP contribution in [0.3, 0.4) is 0 Å². The van der Waals surface area contributed by atoms with Gasteiger partial charge in [0.2, 0.25) is 5.91 Å². The molecular formula is C15H20N2O3. The zero-order valence-corrected chi connectivity index (χ0v) is 11.8. The van der Waals surface area contributed by atoms with Gasteiger partial charge in [-0.05, 0) is 37.6 Å². The molecule has 2 N–H and O–H groups in total. The van der Waals surface area contributed by atoms with Gasteiger partial charge in [0.05, 0.1) is 6.10 Å². The van der Waals surface area contributed by atoms with E-state index >= 15 is 0 Å². The van der Waals surface area contributed by atoms with Crippen LogP contribution in [0.2, 0.25) is 0 Å². The summed E-state index contributed by atoms with van der Waals surface area (Å²) in [7, 11) is 0. The molecule has 20 heavy (non-hydrogen) atoms. The molecule has 0 bridgehead atoms. The smallest absolute Gasteiger partial charge is 0.253 e. The van der Waals surface area contributed by atoms with Gasteiger partial charge in [0, 0.05) is 37.2 Å². The Morgan fingerprint density at radius 3 is 2.50 bits per heavy atom. The lowest BCUT2D eigenvalue weighted by Crippen LogP contribution is -2.30. The molecule has 1 heterocycles. The van der Waals surface area contributed by atoms with E-state index < -0.39 is 0 Å². The molecular weight excluding hydrogens is 256 g/mol. The molecule has 2 atom stereocenters. The van der Waals surface area contributed by atoms with E-state index in [1.807, 2.05) is 0 Å². The monoisotopic (exact) mass is 276 g/mol. The maximum Gasteiger partial charge on any atom is 0.253 e. The first-order valence-electron chi connectivity index (χ1n) is 6.82. The number of nitrogens with one attached hydrogen (secondary N) is 1. The summed E-state index contributed by atoms with van der Waals surface area (Å²) >= 11 is 0. The fourth-order valence-corrected chi connectivity index (χ4v) is 2.45. The highest BCUT2D eigenvalue weighted by Gasteiger charge is 2.29. The van der Waals surface area contributed by atoms with Crippen molar-refractivity contribution >= 4 is 17.5 Å². The number of anilines is 1. The van der Waals surface area contributed by atoms with Crippen molar-refractivity contribution in [3.63, 3.8) is 0 Å². The Labute approximate surface area is 118 Å². The predicted octanol–water partition coefficient (Wildman–Crippen LogP) is 1.49. The molecule has 0 spiro atoms. The molecule has 5 nitrogen and oxygen atoms in total. The first-order valence-corrected chi connectivity index (χ1v) is 6.82. The number of aliphatic hydroxyl groups is 1. The van der Waals surface area contributed by atoms with Crippen molar-refractivity contribution in [2.45, 2.75) is 26.4 Å². The van der Waals surface area contributed by atoms with E-state index in [0.29, 0.717) is 24.3 Å². The molecule has 1 aromatic carbocycles. The minimum Gasteiger partial charge on any atom is -0.393 e. The lowest BCUT2D eigenvalue weighted by atomic mass is 10.0. The normalized spacial score (nSPS) is 19.8. The number of likely N-dealkylation sites (tertiary alicyclic amines) is 1. The van der Waals surface area contributed by atoms with Crippen LogP contribution in [0.5, 0.6) is 0 Å². The molecule has 108 valence electrons. The third kappa shape index (κ3) is 3.36. The number of rotatable bonds is 3. The minimum atomic E-state index is -0.380. The van der Waals surface area contributed by atoms with Crippen LogP contribution in [0.25, 0.3) is 0 Å². The number of aliphatic hydroxyl groups excluding tert-OH is 1. The quantitative estimate of drug-likeness (QED) is 0.878. The first kappa shape index (κ1) is 14.5. The van der Waals surface area contributed by atoms with Gasteiger partial charge < -0.3 is 15.3 Å². The van der Waals surface area contributed by atoms with Crippen LogP contribution in [0.4, 0.5) is 5.69 Å². The molecule has 2 rings (SSSR count). The van der Waals surface area contributed by atoms with Crippen LogP contribution < -0.4 is 5.32 Å². The lowest BCUT2D eigenvalue weighted by Gasteiger charge is -2.18. The average molecular weight is 276 g/mol. The number of nitrogens with zero attached hydrogens (tertiary/aromatic N) is 1. The van der Waals surface area contributed by atoms with Crippen molar-refractivity contribution in [3.05, 3.63) is 29.8 Å². The Bertz CT molecular complexity index is 496. The Morgan fingerprint density at radius 2 is 2.00 bits per heavy atom. The average Bonchev–Trinajstić information content (AvgIpc) is 2.88. The van der Waals surface area contributed by atoms with Crippen molar-refractivity contribution in [2.24, 2.45) is 5.92 Å². The Hall–Kier alpha value is -1.88. The van der Waals surface area contributed by atoms with E-state index in [2.05, 4.69) is 5.32 Å². The largest absolute Gasteiger partial charge is 0.393 e. The van der Waals surface area contributed by atoms with E-state index in [1.165, 1.54) is 6.92 Å². The lowest BCUT2D eigenvalue weighted by molar-refractivity contribution is -0.114. The highest BCUT2D eigenvalue weighted by molar-refractivity contribution is 5.95. The second-order valence-corrected chi connectivity index (χ2v) is 5.30. The van der Waals surface area contributed by atoms with E-state index in [-0.39, 0.29) is 23.8 Å². The molecule has 1 aliphatic heterocycles. The number of amides is 2. The summed E-state index contributed by atoms with van der Waals surface area (Å²) in [6, 6.07) is 6.86. The Kier molecular flexibility index (Phi) is 4.39. The minimum absolute atomic E-state index is 0.0254. The van der Waals surface area contributed by atoms with Gasteiger partial charge in [-0.3, -0.25) is 9.59 Å². The molecule has 0 aromatic heterocycles. The van der Waals surface area contributed by atoms with E-state index in [1.54, 1.807) is 36.1 Å². The Morgan fingerprint density at radius 1 is 1.35 bits per heavy atom. The van der Waals surface area contributed by atoms with Crippen molar-refractivity contribution < 1.29 is 14.7 Å². The van der Waals surface area contributed by atoms with E-state index in [9.17, 15) is 14.7 Å². The SMILES string of the molecule is CC(=O)Nc1ccc(C(=O)N2CCC(C(C)O)C2)cc1. The second-order valence-electron chi connectivity index (χ2n) is 5.30. The predicted molar refractivity (Wildman–Crippen MR) is 76.4 cm³/mol. The van der Waals surface area contributed by atoms with Crippen molar-refractivity contribution in [3.8, 4) is 0 Å². The third-order valence-corrected chi connectivity index (χ3v) is 3.65. The molecule has 1 saturated heterocycles. The van der Waals surface area contributed by atoms with Gasteiger partial charge >= 0.3 is 0 Å². The standard InChI is InChI=1S/C15H20N2O3/c1-10(18)13-7-8-17(9-13)15(20)12-3-5-14(6-4-12)16-11(2)19/h3-6,10,13,18H,7-9H2,1-2H3,(H,16,19). The van der Waals surface area contributed by atoms with Crippen LogP contribution in [-0.2, 0) is 4.79 Å². The summed E-state index contributed by atoms with van der Waals surface area (Å²) in [5, 5.41) is 12.2. The maximum atomic E-state index is 12.3. The summed E-state index contributed by atoms with van der Waals surface area (Å²) < 4.78 is 0. The highest BCUT2D eigenvalue weighted by atomic mass is 16.3. The van der Waals surface area contributed by atoms with Gasteiger partial charge in [0.25, 0.3) is 5.91 Å². The zero-order valence-electron chi connectivity index (χ0n) is 11.8. The van der Waals surface area contributed by atoms with Crippen molar-refractivity contribution in [1.82, 2.24) is 4.90 Å². The van der Waals surface area contributed by atoms with Crippen LogP contribution >= 0.6 is 0 Å². The molecule has 2 amide bonds. The van der Waals surface area contributed by atoms with E-state index in [4.69, 9.17) is 0 Å². The molecule has 2 unspecified atom stereocenters. The molecule has 1 aromatic rings. The van der Waals surface area contributed by atoms with Gasteiger partial charge in [0.15, 0.2) is 0 Å². The van der Waals surface area contributed by atoms with Gasteiger partial charge in [-0.15, -0.1) is 0 Å². The van der Waals surface area contributed by atoms with Gasteiger partial charge in [-0.25, -0.2) is 0 Å². The second kappa shape index (κ2) is 6.05. The van der Waals surface area contributed by atoms with Gasteiger partial charge in [-0.2, -0.15) is 0 Å². The summed E-state index contributed by atoms with van der Waals surface area (Å²) in [6.45, 7) is 4.49. The molecule has 5 heteroatoms. The van der Waals surface area contributed by atoms with Crippen molar-refractivity contribution in [2.75, 3.05) is 18.4 Å². The summed E-state index contributed by atoms with van der Waals surface area (Å²) in [5.41, 5.74) is 1.28. The number of hydrogen-bond donors (Lipinski definition) is 2.